The molecule has 0 spiro atoms. The maximum Gasteiger partial charge on any atom is 0.341 e. The molecule has 104 valence electrons. The second-order valence-corrected chi connectivity index (χ2v) is 5.01. The van der Waals surface area contributed by atoms with Gasteiger partial charge in [-0.1, -0.05) is 0 Å². The highest BCUT2D eigenvalue weighted by molar-refractivity contribution is 14.1. The second kappa shape index (κ2) is 6.08. The van der Waals surface area contributed by atoms with E-state index in [9.17, 15) is 9.59 Å². The Labute approximate surface area is 129 Å². The Kier molecular flexibility index (Phi) is 4.43. The fourth-order valence-electron chi connectivity index (χ4n) is 1.74. The largest absolute Gasteiger partial charge is 0.496 e. The number of aldehydes is 1. The number of halogens is 1. The van der Waals surface area contributed by atoms with Crippen LogP contribution in [-0.4, -0.2) is 26.5 Å². The lowest BCUT2D eigenvalue weighted by Gasteiger charge is -2.10. The van der Waals surface area contributed by atoms with E-state index in [0.717, 1.165) is 9.13 Å². The standard InChI is InChI=1S/C14H11IO5/c1-18-13-6-9(12-4-3-8(7-16)20-12)11(15)5-10(13)14(17)19-2/h3-7H,1-2H3. The molecule has 2 rings (SSSR count). The smallest absolute Gasteiger partial charge is 0.341 e. The third kappa shape index (κ3) is 2.69. The number of esters is 1. The van der Waals surface area contributed by atoms with E-state index in [0.29, 0.717) is 23.4 Å². The van der Waals surface area contributed by atoms with Gasteiger partial charge >= 0.3 is 5.97 Å². The summed E-state index contributed by atoms with van der Waals surface area (Å²) in [4.78, 5) is 22.3. The third-order valence-corrected chi connectivity index (χ3v) is 3.60. The Morgan fingerprint density at radius 2 is 2.05 bits per heavy atom. The van der Waals surface area contributed by atoms with Gasteiger partial charge in [0.05, 0.1) is 14.2 Å². The molecule has 5 nitrogen and oxygen atoms in total. The topological polar surface area (TPSA) is 65.7 Å². The van der Waals surface area contributed by atoms with Gasteiger partial charge in [0.2, 0.25) is 0 Å². The van der Waals surface area contributed by atoms with Gasteiger partial charge in [-0.15, -0.1) is 0 Å². The molecule has 0 amide bonds. The zero-order valence-corrected chi connectivity index (χ0v) is 13.0. The number of furan rings is 1. The zero-order chi connectivity index (χ0) is 14.7. The van der Waals surface area contributed by atoms with Gasteiger partial charge in [-0.3, -0.25) is 4.79 Å². The summed E-state index contributed by atoms with van der Waals surface area (Å²) in [6.45, 7) is 0. The highest BCUT2D eigenvalue weighted by Crippen LogP contribution is 2.33. The number of carbonyl (C=O) groups is 2. The summed E-state index contributed by atoms with van der Waals surface area (Å²) in [7, 11) is 2.78. The van der Waals surface area contributed by atoms with E-state index < -0.39 is 5.97 Å². The summed E-state index contributed by atoms with van der Waals surface area (Å²) in [6.07, 6.45) is 0.635. The van der Waals surface area contributed by atoms with E-state index in [1.54, 1.807) is 24.3 Å². The summed E-state index contributed by atoms with van der Waals surface area (Å²) in [5.74, 6) is 0.689. The Hall–Kier alpha value is -1.83. The molecule has 0 bridgehead atoms. The number of rotatable bonds is 4. The molecule has 0 saturated heterocycles. The maximum atomic E-state index is 11.7. The average molecular weight is 386 g/mol. The first-order chi connectivity index (χ1) is 9.60. The quantitative estimate of drug-likeness (QED) is 0.459. The van der Waals surface area contributed by atoms with Crippen molar-refractivity contribution in [1.29, 1.82) is 0 Å². The lowest BCUT2D eigenvalue weighted by molar-refractivity contribution is 0.0597. The average Bonchev–Trinajstić information content (AvgIpc) is 2.94. The van der Waals surface area contributed by atoms with Crippen molar-refractivity contribution in [1.82, 2.24) is 0 Å². The van der Waals surface area contributed by atoms with Crippen LogP contribution in [0.2, 0.25) is 0 Å². The summed E-state index contributed by atoms with van der Waals surface area (Å²) < 4.78 is 16.1. The molecule has 0 N–H and O–H groups in total. The molecule has 0 fully saturated rings. The van der Waals surface area contributed by atoms with Crippen LogP contribution < -0.4 is 4.74 Å². The molecule has 1 aromatic heterocycles. The molecule has 0 atom stereocenters. The van der Waals surface area contributed by atoms with Crippen molar-refractivity contribution in [3.63, 3.8) is 0 Å². The molecule has 0 aliphatic rings. The van der Waals surface area contributed by atoms with Crippen LogP contribution in [0.3, 0.4) is 0 Å². The van der Waals surface area contributed by atoms with Crippen molar-refractivity contribution in [2.75, 3.05) is 14.2 Å². The fraction of sp³-hybridized carbons (Fsp3) is 0.143. The summed E-state index contributed by atoms with van der Waals surface area (Å²) in [5.41, 5.74) is 1.08. The predicted octanol–water partition coefficient (Wildman–Crippen LogP) is 3.16. The number of hydrogen-bond acceptors (Lipinski definition) is 5. The van der Waals surface area contributed by atoms with Crippen molar-refractivity contribution in [3.05, 3.63) is 39.2 Å². The zero-order valence-electron chi connectivity index (χ0n) is 10.8. The molecule has 1 aromatic carbocycles. The highest BCUT2D eigenvalue weighted by atomic mass is 127. The van der Waals surface area contributed by atoms with Crippen molar-refractivity contribution < 1.29 is 23.5 Å². The number of carbonyl (C=O) groups excluding carboxylic acids is 2. The number of methoxy groups -OCH3 is 2. The summed E-state index contributed by atoms with van der Waals surface area (Å²) >= 11 is 2.08. The van der Waals surface area contributed by atoms with E-state index in [1.165, 1.54) is 14.2 Å². The molecule has 0 aliphatic carbocycles. The first kappa shape index (κ1) is 14.6. The van der Waals surface area contributed by atoms with Gasteiger partial charge in [-0.05, 0) is 46.9 Å². The normalized spacial score (nSPS) is 10.2. The first-order valence-corrected chi connectivity index (χ1v) is 6.69. The minimum absolute atomic E-state index is 0.242. The number of hydrogen-bond donors (Lipinski definition) is 0. The molecule has 0 aliphatic heterocycles. The van der Waals surface area contributed by atoms with Crippen LogP contribution in [0, 0.1) is 3.57 Å². The molecule has 6 heteroatoms. The SMILES string of the molecule is COC(=O)c1cc(I)c(-c2ccc(C=O)o2)cc1OC. The van der Waals surface area contributed by atoms with Crippen LogP contribution in [0.5, 0.6) is 5.75 Å². The highest BCUT2D eigenvalue weighted by Gasteiger charge is 2.18. The summed E-state index contributed by atoms with van der Waals surface area (Å²) in [6, 6.07) is 6.61. The Balaban J connectivity index is 2.55. The molecule has 2 aromatic rings. The second-order valence-electron chi connectivity index (χ2n) is 3.84. The van der Waals surface area contributed by atoms with Gasteiger partial charge in [-0.25, -0.2) is 4.79 Å². The van der Waals surface area contributed by atoms with E-state index in [4.69, 9.17) is 13.9 Å². The van der Waals surface area contributed by atoms with E-state index in [1.807, 2.05) is 0 Å². The molecular formula is C14H11IO5. The van der Waals surface area contributed by atoms with E-state index in [-0.39, 0.29) is 5.76 Å². The van der Waals surface area contributed by atoms with Crippen molar-refractivity contribution in [2.24, 2.45) is 0 Å². The van der Waals surface area contributed by atoms with Crippen LogP contribution in [0.25, 0.3) is 11.3 Å². The molecular weight excluding hydrogens is 375 g/mol. The van der Waals surface area contributed by atoms with Gasteiger partial charge in [-0.2, -0.15) is 0 Å². The Morgan fingerprint density at radius 3 is 2.60 bits per heavy atom. The van der Waals surface area contributed by atoms with Gasteiger partial charge in [0.15, 0.2) is 12.0 Å². The lowest BCUT2D eigenvalue weighted by Crippen LogP contribution is -2.05. The fourth-order valence-corrected chi connectivity index (χ4v) is 2.47. The molecule has 0 saturated carbocycles. The molecule has 0 unspecified atom stereocenters. The molecule has 1 heterocycles. The van der Waals surface area contributed by atoms with Crippen molar-refractivity contribution >= 4 is 34.8 Å². The monoisotopic (exact) mass is 386 g/mol. The minimum atomic E-state index is -0.473. The van der Waals surface area contributed by atoms with Gasteiger partial charge in [0.25, 0.3) is 0 Å². The number of benzene rings is 1. The first-order valence-electron chi connectivity index (χ1n) is 5.62. The molecule has 0 radical (unpaired) electrons. The number of ether oxygens (including phenoxy) is 2. The molecule has 20 heavy (non-hydrogen) atoms. The Bertz CT molecular complexity index is 660. The third-order valence-electron chi connectivity index (χ3n) is 2.70. The maximum absolute atomic E-state index is 11.7. The van der Waals surface area contributed by atoms with Gasteiger partial charge < -0.3 is 13.9 Å². The van der Waals surface area contributed by atoms with Gasteiger partial charge in [0.1, 0.15) is 17.1 Å². The van der Waals surface area contributed by atoms with Crippen LogP contribution in [0.15, 0.2) is 28.7 Å². The summed E-state index contributed by atoms with van der Waals surface area (Å²) in [5, 5.41) is 0. The predicted molar refractivity (Wildman–Crippen MR) is 80.1 cm³/mol. The van der Waals surface area contributed by atoms with Crippen LogP contribution in [-0.2, 0) is 4.74 Å². The lowest BCUT2D eigenvalue weighted by atomic mass is 10.1. The van der Waals surface area contributed by atoms with Crippen molar-refractivity contribution in [2.45, 2.75) is 0 Å². The van der Waals surface area contributed by atoms with E-state index in [2.05, 4.69) is 22.6 Å². The van der Waals surface area contributed by atoms with Crippen LogP contribution in [0.1, 0.15) is 20.9 Å². The minimum Gasteiger partial charge on any atom is -0.496 e. The van der Waals surface area contributed by atoms with E-state index >= 15 is 0 Å². The van der Waals surface area contributed by atoms with Crippen LogP contribution >= 0.6 is 22.6 Å². The Morgan fingerprint density at radius 1 is 1.30 bits per heavy atom. The van der Waals surface area contributed by atoms with Crippen LogP contribution in [0.4, 0.5) is 0 Å². The van der Waals surface area contributed by atoms with Crippen molar-refractivity contribution in [3.8, 4) is 17.1 Å². The van der Waals surface area contributed by atoms with Gasteiger partial charge in [0, 0.05) is 9.13 Å².